The number of halogens is 2. The molecule has 0 saturated heterocycles. The van der Waals surface area contributed by atoms with Crippen LogP contribution in [0.4, 0.5) is 4.39 Å². The van der Waals surface area contributed by atoms with Gasteiger partial charge in [-0.1, -0.05) is 15.9 Å². The number of hydrogen-bond acceptors (Lipinski definition) is 0. The minimum atomic E-state index is -0.337. The Labute approximate surface area is 66.6 Å². The lowest BCUT2D eigenvalue weighted by atomic mass is 10.2. The molecule has 0 spiro atoms. The summed E-state index contributed by atoms with van der Waals surface area (Å²) >= 11 is 3.06. The van der Waals surface area contributed by atoms with Crippen molar-refractivity contribution in [2.75, 3.05) is 0 Å². The van der Waals surface area contributed by atoms with E-state index in [4.69, 9.17) is 0 Å². The minimum Gasteiger partial charge on any atom is -0.290 e. The van der Waals surface area contributed by atoms with Gasteiger partial charge in [-0.25, -0.2) is 4.39 Å². The smallest absolute Gasteiger partial charge is 0.179 e. The van der Waals surface area contributed by atoms with Gasteiger partial charge in [-0.15, -0.1) is 0 Å². The third kappa shape index (κ3) is 1.48. The van der Waals surface area contributed by atoms with Crippen LogP contribution in [0.25, 0.3) is 0 Å². The quantitative estimate of drug-likeness (QED) is 0.626. The highest BCUT2D eigenvalue weighted by atomic mass is 79.9. The number of benzene rings is 1. The summed E-state index contributed by atoms with van der Waals surface area (Å²) < 4.78 is 12.6. The molecule has 0 saturated carbocycles. The van der Waals surface area contributed by atoms with E-state index >= 15 is 0 Å². The van der Waals surface area contributed by atoms with Crippen LogP contribution in [0, 0.1) is 5.82 Å². The first-order chi connectivity index (χ1) is 4.74. The molecule has 0 amide bonds. The molecule has 1 nitrogen and oxygen atoms in total. The summed E-state index contributed by atoms with van der Waals surface area (Å²) in [6, 6.07) is 3.67. The van der Waals surface area contributed by atoms with E-state index in [1.807, 2.05) is 0 Å². The van der Waals surface area contributed by atoms with E-state index in [1.54, 1.807) is 0 Å². The summed E-state index contributed by atoms with van der Waals surface area (Å²) in [6.07, 6.45) is 0. The molecule has 10 heavy (non-hydrogen) atoms. The molecular formula is C7H5BrFO. The molecule has 0 heterocycles. The summed E-state index contributed by atoms with van der Waals surface area (Å²) in [5.74, 6) is -0.493. The molecule has 0 bridgehead atoms. The lowest BCUT2D eigenvalue weighted by Crippen LogP contribution is -1.82. The average Bonchev–Trinajstić information content (AvgIpc) is 1.94. The van der Waals surface area contributed by atoms with Crippen molar-refractivity contribution in [1.82, 2.24) is 0 Å². The fourth-order valence-corrected chi connectivity index (χ4v) is 1.08. The maximum absolute atomic E-state index is 12.6. The second-order valence-electron chi connectivity index (χ2n) is 1.89. The Morgan fingerprint density at radius 1 is 1.50 bits per heavy atom. The molecule has 1 aromatic rings. The third-order valence-electron chi connectivity index (χ3n) is 1.16. The predicted octanol–water partition coefficient (Wildman–Crippen LogP) is 2.86. The molecule has 0 aromatic heterocycles. The largest absolute Gasteiger partial charge is 0.290 e. The molecule has 1 rings (SSSR count). The van der Waals surface area contributed by atoms with Gasteiger partial charge < -0.3 is 0 Å². The molecule has 3 heteroatoms. The normalized spacial score (nSPS) is 9.80. The molecule has 0 N–H and O–H groups in total. The van der Waals surface area contributed by atoms with Gasteiger partial charge in [0.15, 0.2) is 5.75 Å². The fraction of sp³-hybridized carbons (Fsp3) is 0.143. The van der Waals surface area contributed by atoms with Crippen LogP contribution in [-0.2, 0) is 10.4 Å². The molecule has 53 valence electrons. The van der Waals surface area contributed by atoms with Gasteiger partial charge in [0.2, 0.25) is 0 Å². The molecule has 0 aliphatic carbocycles. The highest BCUT2D eigenvalue weighted by molar-refractivity contribution is 9.08. The zero-order valence-corrected chi connectivity index (χ0v) is 6.69. The van der Waals surface area contributed by atoms with E-state index in [0.29, 0.717) is 10.9 Å². The SMILES string of the molecule is [O]c1ccc(F)c(CBr)c1. The zero-order chi connectivity index (χ0) is 7.56. The number of hydrogen-bond donors (Lipinski definition) is 0. The second-order valence-corrected chi connectivity index (χ2v) is 2.45. The molecule has 1 radical (unpaired) electrons. The van der Waals surface area contributed by atoms with Crippen molar-refractivity contribution in [1.29, 1.82) is 0 Å². The summed E-state index contributed by atoms with van der Waals surface area (Å²) in [5, 5.41) is 11.0. The summed E-state index contributed by atoms with van der Waals surface area (Å²) in [6.45, 7) is 0. The molecule has 0 atom stereocenters. The topological polar surface area (TPSA) is 19.9 Å². The van der Waals surface area contributed by atoms with Gasteiger partial charge in [0.05, 0.1) is 0 Å². The van der Waals surface area contributed by atoms with Crippen LogP contribution in [0.2, 0.25) is 0 Å². The Morgan fingerprint density at radius 2 is 2.20 bits per heavy atom. The molecule has 0 aliphatic heterocycles. The monoisotopic (exact) mass is 203 g/mol. The van der Waals surface area contributed by atoms with Gasteiger partial charge in [-0.2, -0.15) is 0 Å². The first-order valence-electron chi connectivity index (χ1n) is 2.75. The van der Waals surface area contributed by atoms with Crippen molar-refractivity contribution < 1.29 is 9.50 Å². The summed E-state index contributed by atoms with van der Waals surface area (Å²) in [7, 11) is 0. The standard InChI is InChI=1S/C7H5BrFO/c8-4-5-3-6(10)1-2-7(5)9/h1-3H,4H2. The summed E-state index contributed by atoms with van der Waals surface area (Å²) in [4.78, 5) is 0. The Morgan fingerprint density at radius 3 is 2.70 bits per heavy atom. The van der Waals surface area contributed by atoms with Crippen molar-refractivity contribution in [2.24, 2.45) is 0 Å². The van der Waals surface area contributed by atoms with E-state index in [-0.39, 0.29) is 11.6 Å². The van der Waals surface area contributed by atoms with Gasteiger partial charge in [-0.3, -0.25) is 5.11 Å². The maximum atomic E-state index is 12.6. The Kier molecular flexibility index (Phi) is 2.27. The second kappa shape index (κ2) is 3.01. The Hall–Kier alpha value is -0.570. The van der Waals surface area contributed by atoms with Gasteiger partial charge in [0.25, 0.3) is 0 Å². The van der Waals surface area contributed by atoms with Crippen LogP contribution in [0.5, 0.6) is 5.75 Å². The number of rotatable bonds is 1. The Bertz CT molecular complexity index is 237. The lowest BCUT2D eigenvalue weighted by Gasteiger charge is -1.95. The van der Waals surface area contributed by atoms with Crippen LogP contribution in [-0.4, -0.2) is 0 Å². The van der Waals surface area contributed by atoms with Crippen LogP contribution in [0.15, 0.2) is 18.2 Å². The van der Waals surface area contributed by atoms with Crippen LogP contribution >= 0.6 is 15.9 Å². The molecule has 0 aliphatic rings. The first-order valence-corrected chi connectivity index (χ1v) is 3.87. The maximum Gasteiger partial charge on any atom is 0.179 e. The van der Waals surface area contributed by atoms with Crippen molar-refractivity contribution in [3.05, 3.63) is 29.6 Å². The van der Waals surface area contributed by atoms with E-state index in [1.165, 1.54) is 18.2 Å². The Balaban J connectivity index is 3.09. The highest BCUT2D eigenvalue weighted by Crippen LogP contribution is 2.17. The van der Waals surface area contributed by atoms with Crippen molar-refractivity contribution in [2.45, 2.75) is 5.33 Å². The number of alkyl halides is 1. The van der Waals surface area contributed by atoms with E-state index in [9.17, 15) is 9.50 Å². The van der Waals surface area contributed by atoms with Gasteiger partial charge in [-0.05, 0) is 18.2 Å². The van der Waals surface area contributed by atoms with Crippen LogP contribution in [0.3, 0.4) is 0 Å². The van der Waals surface area contributed by atoms with Gasteiger partial charge in [0.1, 0.15) is 5.82 Å². The minimum absolute atomic E-state index is 0.157. The van der Waals surface area contributed by atoms with Crippen molar-refractivity contribution in [3.8, 4) is 5.75 Å². The predicted molar refractivity (Wildman–Crippen MR) is 39.2 cm³/mol. The fourth-order valence-electron chi connectivity index (χ4n) is 0.654. The third-order valence-corrected chi connectivity index (χ3v) is 1.77. The summed E-state index contributed by atoms with van der Waals surface area (Å²) in [5.41, 5.74) is 0.410. The van der Waals surface area contributed by atoms with Crippen LogP contribution in [0.1, 0.15) is 5.56 Å². The zero-order valence-electron chi connectivity index (χ0n) is 5.10. The average molecular weight is 204 g/mol. The highest BCUT2D eigenvalue weighted by Gasteiger charge is 2.00. The molecular weight excluding hydrogens is 199 g/mol. The first kappa shape index (κ1) is 7.54. The van der Waals surface area contributed by atoms with Crippen molar-refractivity contribution in [3.63, 3.8) is 0 Å². The van der Waals surface area contributed by atoms with E-state index in [2.05, 4.69) is 15.9 Å². The van der Waals surface area contributed by atoms with Crippen molar-refractivity contribution >= 4 is 15.9 Å². The van der Waals surface area contributed by atoms with Gasteiger partial charge in [0, 0.05) is 10.9 Å². The molecule has 1 aromatic carbocycles. The van der Waals surface area contributed by atoms with Gasteiger partial charge >= 0.3 is 0 Å². The molecule has 0 fully saturated rings. The van der Waals surface area contributed by atoms with E-state index < -0.39 is 0 Å². The van der Waals surface area contributed by atoms with E-state index in [0.717, 1.165) is 0 Å². The molecule has 0 unspecified atom stereocenters. The lowest BCUT2D eigenvalue weighted by molar-refractivity contribution is 0.353. The van der Waals surface area contributed by atoms with Crippen LogP contribution < -0.4 is 0 Å².